The number of nitrogens with one attached hydrogen (secondary N) is 5. The molecule has 0 aliphatic rings. The highest BCUT2D eigenvalue weighted by Gasteiger charge is 2.29. The number of nitrogens with zero attached hydrogens (tertiary/aromatic N) is 2. The van der Waals surface area contributed by atoms with Gasteiger partial charge < -0.3 is 41.9 Å². The summed E-state index contributed by atoms with van der Waals surface area (Å²) >= 11 is 0. The Bertz CT molecular complexity index is 869. The van der Waals surface area contributed by atoms with E-state index in [4.69, 9.17) is 15.9 Å². The lowest BCUT2D eigenvalue weighted by Crippen LogP contribution is -2.57. The second-order valence-electron chi connectivity index (χ2n) is 6.58. The van der Waals surface area contributed by atoms with E-state index in [1.165, 1.54) is 25.0 Å². The molecule has 0 radical (unpaired) electrons. The zero-order valence-corrected chi connectivity index (χ0v) is 16.4. The van der Waals surface area contributed by atoms with Crippen molar-refractivity contribution in [3.05, 3.63) is 36.4 Å². The minimum absolute atomic E-state index is 0.00191. The number of nitrogens with two attached hydrogens (primary N) is 1. The maximum atomic E-state index is 12.9. The van der Waals surface area contributed by atoms with Crippen LogP contribution in [0.5, 0.6) is 0 Å². The van der Waals surface area contributed by atoms with Crippen LogP contribution in [0.1, 0.15) is 11.4 Å². The molecule has 168 valence electrons. The van der Waals surface area contributed by atoms with E-state index in [0.717, 1.165) is 0 Å². The number of aliphatic hydroxyl groups is 1. The van der Waals surface area contributed by atoms with Crippen molar-refractivity contribution in [1.29, 1.82) is 0 Å². The van der Waals surface area contributed by atoms with Crippen LogP contribution in [0.2, 0.25) is 0 Å². The van der Waals surface area contributed by atoms with Crippen molar-refractivity contribution < 1.29 is 29.4 Å². The summed E-state index contributed by atoms with van der Waals surface area (Å²) < 4.78 is 0. The Morgan fingerprint density at radius 3 is 1.90 bits per heavy atom. The number of aliphatic carboxylic acids is 1. The van der Waals surface area contributed by atoms with Gasteiger partial charge in [-0.1, -0.05) is 0 Å². The molecular weight excluding hydrogens is 412 g/mol. The number of aromatic amines is 2. The fraction of sp³-hybridized carbons (Fsp3) is 0.412. The van der Waals surface area contributed by atoms with Crippen LogP contribution in [0.15, 0.2) is 25.0 Å². The minimum atomic E-state index is -1.25. The molecule has 0 spiro atoms. The molecule has 0 saturated carbocycles. The molecule has 3 atom stereocenters. The van der Waals surface area contributed by atoms with Gasteiger partial charge in [-0.2, -0.15) is 0 Å². The summed E-state index contributed by atoms with van der Waals surface area (Å²) in [5, 5.41) is 25.0. The molecule has 2 rings (SSSR count). The highest BCUT2D eigenvalue weighted by molar-refractivity contribution is 5.93. The number of aliphatic hydroxyl groups excluding tert-OH is 1. The smallest absolute Gasteiger partial charge is 0.322 e. The Kier molecular flexibility index (Phi) is 8.65. The maximum Gasteiger partial charge on any atom is 0.322 e. The molecule has 0 aliphatic heterocycles. The summed E-state index contributed by atoms with van der Waals surface area (Å²) in [7, 11) is 0. The molecule has 0 bridgehead atoms. The standard InChI is InChI=1S/C17H24N8O6/c18-11(6-26)15(29)24-13(2-10-4-20-8-23-10)17(31)25-12(1-9-3-19-7-22-9)16(30)21-5-14(27)28/h3-4,7-8,11-13,26H,1-2,5-6,18H2,(H,19,22)(H,20,23)(H,21,30)(H,24,29)(H,25,31)(H,27,28). The first-order chi connectivity index (χ1) is 14.8. The highest BCUT2D eigenvalue weighted by atomic mass is 16.4. The zero-order valence-electron chi connectivity index (χ0n) is 16.4. The molecule has 0 saturated heterocycles. The van der Waals surface area contributed by atoms with E-state index in [0.29, 0.717) is 11.4 Å². The van der Waals surface area contributed by atoms with Crippen molar-refractivity contribution in [2.24, 2.45) is 5.73 Å². The Morgan fingerprint density at radius 2 is 1.45 bits per heavy atom. The van der Waals surface area contributed by atoms with Crippen LogP contribution in [0.25, 0.3) is 0 Å². The van der Waals surface area contributed by atoms with E-state index in [1.807, 2.05) is 0 Å². The number of imidazole rings is 2. The molecule has 0 aromatic carbocycles. The van der Waals surface area contributed by atoms with E-state index >= 15 is 0 Å². The van der Waals surface area contributed by atoms with Gasteiger partial charge in [0.2, 0.25) is 17.7 Å². The number of rotatable bonds is 12. The van der Waals surface area contributed by atoms with Crippen LogP contribution < -0.4 is 21.7 Å². The number of carboxylic acids is 1. The minimum Gasteiger partial charge on any atom is -0.480 e. The molecule has 31 heavy (non-hydrogen) atoms. The van der Waals surface area contributed by atoms with Crippen molar-refractivity contribution in [3.8, 4) is 0 Å². The molecule has 9 N–H and O–H groups in total. The highest BCUT2D eigenvalue weighted by Crippen LogP contribution is 2.03. The van der Waals surface area contributed by atoms with Crippen molar-refractivity contribution in [2.45, 2.75) is 31.0 Å². The number of carboxylic acid groups (broad SMARTS) is 1. The second-order valence-corrected chi connectivity index (χ2v) is 6.58. The summed E-state index contributed by atoms with van der Waals surface area (Å²) in [6.07, 6.45) is 5.70. The third kappa shape index (κ3) is 7.52. The Hall–Kier alpha value is -3.78. The Morgan fingerprint density at radius 1 is 0.935 bits per heavy atom. The molecule has 3 unspecified atom stereocenters. The second kappa shape index (κ2) is 11.4. The number of carbonyl (C=O) groups is 4. The van der Waals surface area contributed by atoms with Crippen LogP contribution in [0.3, 0.4) is 0 Å². The van der Waals surface area contributed by atoms with Crippen molar-refractivity contribution in [3.63, 3.8) is 0 Å². The average Bonchev–Trinajstić information content (AvgIpc) is 3.44. The first kappa shape index (κ1) is 23.5. The Labute approximate surface area is 176 Å². The van der Waals surface area contributed by atoms with Crippen LogP contribution in [0.4, 0.5) is 0 Å². The van der Waals surface area contributed by atoms with Gasteiger partial charge >= 0.3 is 5.97 Å². The maximum absolute atomic E-state index is 12.9. The van der Waals surface area contributed by atoms with Gasteiger partial charge in [0.05, 0.1) is 19.3 Å². The lowest BCUT2D eigenvalue weighted by atomic mass is 10.1. The van der Waals surface area contributed by atoms with E-state index < -0.39 is 55.0 Å². The molecule has 2 aromatic rings. The van der Waals surface area contributed by atoms with Gasteiger partial charge in [0, 0.05) is 36.6 Å². The third-order valence-electron chi connectivity index (χ3n) is 4.17. The van der Waals surface area contributed by atoms with Gasteiger partial charge in [0.15, 0.2) is 0 Å². The van der Waals surface area contributed by atoms with Crippen LogP contribution in [-0.4, -0.2) is 85.1 Å². The monoisotopic (exact) mass is 436 g/mol. The largest absolute Gasteiger partial charge is 0.480 e. The topological polar surface area (TPSA) is 228 Å². The predicted octanol–water partition coefficient (Wildman–Crippen LogP) is -3.59. The van der Waals surface area contributed by atoms with E-state index in [2.05, 4.69) is 35.9 Å². The van der Waals surface area contributed by atoms with Crippen LogP contribution in [-0.2, 0) is 32.0 Å². The van der Waals surface area contributed by atoms with Gasteiger partial charge in [-0.05, 0) is 0 Å². The van der Waals surface area contributed by atoms with E-state index in [-0.39, 0.29) is 12.8 Å². The summed E-state index contributed by atoms with van der Waals surface area (Å²) in [6, 6.07) is -3.54. The average molecular weight is 436 g/mol. The quantitative estimate of drug-likeness (QED) is 0.164. The molecule has 0 fully saturated rings. The third-order valence-corrected chi connectivity index (χ3v) is 4.17. The number of hydrogen-bond donors (Lipinski definition) is 8. The zero-order chi connectivity index (χ0) is 22.8. The molecule has 14 nitrogen and oxygen atoms in total. The molecule has 14 heteroatoms. The van der Waals surface area contributed by atoms with E-state index in [1.54, 1.807) is 0 Å². The first-order valence-corrected chi connectivity index (χ1v) is 9.21. The number of amides is 3. The summed E-state index contributed by atoms with van der Waals surface area (Å²) in [5.41, 5.74) is 6.55. The number of H-pyrrole nitrogens is 2. The number of hydrogen-bond acceptors (Lipinski definition) is 8. The lowest BCUT2D eigenvalue weighted by Gasteiger charge is -2.23. The van der Waals surface area contributed by atoms with Gasteiger partial charge in [0.1, 0.15) is 24.7 Å². The first-order valence-electron chi connectivity index (χ1n) is 9.21. The summed E-state index contributed by atoms with van der Waals surface area (Å²) in [6.45, 7) is -1.25. The van der Waals surface area contributed by atoms with Gasteiger partial charge in [0.25, 0.3) is 0 Å². The van der Waals surface area contributed by atoms with Gasteiger partial charge in [-0.15, -0.1) is 0 Å². The fourth-order valence-electron chi connectivity index (χ4n) is 2.57. The predicted molar refractivity (Wildman–Crippen MR) is 104 cm³/mol. The van der Waals surface area contributed by atoms with Crippen LogP contribution >= 0.6 is 0 Å². The molecule has 0 aliphatic carbocycles. The Balaban J connectivity index is 2.16. The van der Waals surface area contributed by atoms with E-state index in [9.17, 15) is 19.2 Å². The van der Waals surface area contributed by atoms with Gasteiger partial charge in [-0.3, -0.25) is 19.2 Å². The molecule has 2 heterocycles. The lowest BCUT2D eigenvalue weighted by molar-refractivity contribution is -0.138. The number of aromatic nitrogens is 4. The summed E-state index contributed by atoms with van der Waals surface area (Å²) in [4.78, 5) is 61.5. The number of carbonyl (C=O) groups excluding carboxylic acids is 3. The van der Waals surface area contributed by atoms with Crippen LogP contribution in [0, 0.1) is 0 Å². The molecule has 3 amide bonds. The normalized spacial score (nSPS) is 13.6. The van der Waals surface area contributed by atoms with Crippen molar-refractivity contribution >= 4 is 23.7 Å². The van der Waals surface area contributed by atoms with Crippen molar-refractivity contribution in [1.82, 2.24) is 35.9 Å². The molecule has 2 aromatic heterocycles. The SMILES string of the molecule is NC(CO)C(=O)NC(Cc1cnc[nH]1)C(=O)NC(Cc1cnc[nH]1)C(=O)NCC(=O)O. The molecular formula is C17H24N8O6. The summed E-state index contributed by atoms with van der Waals surface area (Å²) in [5.74, 6) is -3.46. The van der Waals surface area contributed by atoms with Crippen molar-refractivity contribution in [2.75, 3.05) is 13.2 Å². The fourth-order valence-corrected chi connectivity index (χ4v) is 2.57. The van der Waals surface area contributed by atoms with Gasteiger partial charge in [-0.25, -0.2) is 9.97 Å².